The van der Waals surface area contributed by atoms with E-state index in [-0.39, 0.29) is 16.8 Å². The molecule has 1 aliphatic heterocycles. The summed E-state index contributed by atoms with van der Waals surface area (Å²) in [4.78, 5) is 30.1. The molecule has 1 aromatic carbocycles. The maximum Gasteiger partial charge on any atom is 0.349 e. The molecule has 11 nitrogen and oxygen atoms in total. The van der Waals surface area contributed by atoms with E-state index in [9.17, 15) is 22.4 Å². The minimum atomic E-state index is -3.85. The Morgan fingerprint density at radius 1 is 1.20 bits per heavy atom. The van der Waals surface area contributed by atoms with Gasteiger partial charge in [0.05, 0.1) is 18.1 Å². The van der Waals surface area contributed by atoms with Crippen LogP contribution in [0.15, 0.2) is 40.2 Å². The minimum absolute atomic E-state index is 0.0307. The Hall–Kier alpha value is -2.87. The smallest absolute Gasteiger partial charge is 0.349 e. The second-order valence-electron chi connectivity index (χ2n) is 8.68. The van der Waals surface area contributed by atoms with Crippen molar-refractivity contribution in [2.45, 2.75) is 36.2 Å². The quantitative estimate of drug-likeness (QED) is 0.455. The monoisotopic (exact) mass is 508 g/mol. The van der Waals surface area contributed by atoms with Crippen LogP contribution < -0.4 is 21.5 Å². The zero-order valence-electron chi connectivity index (χ0n) is 19.2. The molecule has 0 radical (unpaired) electrons. The number of anilines is 1. The lowest BCUT2D eigenvalue weighted by atomic mass is 10.2. The van der Waals surface area contributed by atoms with E-state index in [1.54, 1.807) is 0 Å². The van der Waals surface area contributed by atoms with Crippen LogP contribution in [0.25, 0.3) is 0 Å². The lowest BCUT2D eigenvalue weighted by molar-refractivity contribution is 0.0383. The van der Waals surface area contributed by atoms with Gasteiger partial charge in [-0.2, -0.15) is 4.98 Å². The van der Waals surface area contributed by atoms with Crippen LogP contribution in [0.4, 0.5) is 10.2 Å². The fourth-order valence-corrected chi connectivity index (χ4v) is 5.65. The highest BCUT2D eigenvalue weighted by atomic mass is 32.2. The van der Waals surface area contributed by atoms with Crippen LogP contribution in [0, 0.1) is 5.82 Å². The van der Waals surface area contributed by atoms with Gasteiger partial charge >= 0.3 is 5.69 Å². The molecule has 2 aliphatic rings. The van der Waals surface area contributed by atoms with Crippen molar-refractivity contribution in [3.05, 3.63) is 52.3 Å². The molecule has 4 rings (SSSR count). The van der Waals surface area contributed by atoms with E-state index in [1.165, 1.54) is 24.3 Å². The highest BCUT2D eigenvalue weighted by Gasteiger charge is 2.31. The van der Waals surface area contributed by atoms with Crippen molar-refractivity contribution in [2.24, 2.45) is 0 Å². The number of halogens is 1. The maximum absolute atomic E-state index is 13.8. The average molecular weight is 509 g/mol. The van der Waals surface area contributed by atoms with E-state index < -0.39 is 33.4 Å². The number of carbonyl (C=O) groups excluding carboxylic acids is 1. The molecule has 13 heteroatoms. The predicted octanol–water partition coefficient (Wildman–Crippen LogP) is 0.0987. The van der Waals surface area contributed by atoms with Crippen LogP contribution in [0.5, 0.6) is 0 Å². The van der Waals surface area contributed by atoms with Crippen molar-refractivity contribution in [2.75, 3.05) is 45.1 Å². The number of amides is 1. The normalized spacial score (nSPS) is 21.2. The molecule has 1 aliphatic carbocycles. The second-order valence-corrected chi connectivity index (χ2v) is 10.4. The highest BCUT2D eigenvalue weighted by Crippen LogP contribution is 2.30. The Kier molecular flexibility index (Phi) is 7.79. The molecule has 2 atom stereocenters. The van der Waals surface area contributed by atoms with E-state index in [0.29, 0.717) is 44.6 Å². The fourth-order valence-electron chi connectivity index (χ4n) is 4.36. The van der Waals surface area contributed by atoms with Crippen molar-refractivity contribution >= 4 is 21.7 Å². The summed E-state index contributed by atoms with van der Waals surface area (Å²) in [6.07, 6.45) is 2.29. The van der Waals surface area contributed by atoms with E-state index in [2.05, 4.69) is 19.9 Å². The standard InChI is InChI=1S/C22H29FN6O5S/c23-19-14-29(22(31)26-20(19)24)17-4-3-16(13-17)27-35(32,33)18-5-1-15(2-6-18)21(30)25-7-8-28-9-11-34-12-10-28/h1-2,5-6,14,16-17,27H,3-4,7-13H2,(H,25,30)(H2,24,26,31)/t16-,17-/m0/s1. The van der Waals surface area contributed by atoms with Gasteiger partial charge in [0.1, 0.15) is 0 Å². The first kappa shape index (κ1) is 25.2. The number of hydrogen-bond acceptors (Lipinski definition) is 8. The predicted molar refractivity (Wildman–Crippen MR) is 126 cm³/mol. The maximum atomic E-state index is 13.8. The van der Waals surface area contributed by atoms with E-state index in [1.807, 2.05) is 0 Å². The summed E-state index contributed by atoms with van der Waals surface area (Å²) in [6, 6.07) is 4.89. The molecule has 190 valence electrons. The number of morpholine rings is 1. The van der Waals surface area contributed by atoms with Crippen LogP contribution in [0.1, 0.15) is 35.7 Å². The number of nitrogen functional groups attached to an aromatic ring is 1. The molecule has 0 bridgehead atoms. The summed E-state index contributed by atoms with van der Waals surface area (Å²) >= 11 is 0. The van der Waals surface area contributed by atoms with Gasteiger partial charge in [-0.25, -0.2) is 22.3 Å². The summed E-state index contributed by atoms with van der Waals surface area (Å²) < 4.78 is 48.5. The first-order chi connectivity index (χ1) is 16.7. The van der Waals surface area contributed by atoms with Crippen molar-refractivity contribution in [1.82, 2.24) is 24.5 Å². The number of rotatable bonds is 8. The Morgan fingerprint density at radius 3 is 2.63 bits per heavy atom. The molecule has 1 aromatic heterocycles. The molecule has 2 aromatic rings. The zero-order chi connectivity index (χ0) is 25.0. The SMILES string of the molecule is Nc1nc(=O)n([C@H]2CC[C@H](NS(=O)(=O)c3ccc(C(=O)NCCN4CCOCC4)cc3)C2)cc1F. The van der Waals surface area contributed by atoms with Crippen LogP contribution in [0.3, 0.4) is 0 Å². The van der Waals surface area contributed by atoms with Crippen LogP contribution in [-0.2, 0) is 14.8 Å². The number of nitrogens with two attached hydrogens (primary N) is 1. The summed E-state index contributed by atoms with van der Waals surface area (Å²) in [5, 5.41) is 2.84. The fraction of sp³-hybridized carbons (Fsp3) is 0.500. The molecule has 35 heavy (non-hydrogen) atoms. The van der Waals surface area contributed by atoms with Gasteiger partial charge in [0.15, 0.2) is 11.6 Å². The third-order valence-corrected chi connectivity index (χ3v) is 7.83. The second kappa shape index (κ2) is 10.8. The summed E-state index contributed by atoms with van der Waals surface area (Å²) in [6.45, 7) is 4.26. The molecular weight excluding hydrogens is 479 g/mol. The van der Waals surface area contributed by atoms with Gasteiger partial charge in [0.2, 0.25) is 10.0 Å². The summed E-state index contributed by atoms with van der Waals surface area (Å²) in [5.74, 6) is -1.53. The topological polar surface area (TPSA) is 149 Å². The van der Waals surface area contributed by atoms with Crippen molar-refractivity contribution < 1.29 is 22.3 Å². The Morgan fingerprint density at radius 2 is 1.91 bits per heavy atom. The van der Waals surface area contributed by atoms with E-state index >= 15 is 0 Å². The Bertz CT molecular complexity index is 1210. The molecule has 1 amide bonds. The van der Waals surface area contributed by atoms with Gasteiger partial charge in [-0.1, -0.05) is 0 Å². The summed E-state index contributed by atoms with van der Waals surface area (Å²) in [7, 11) is -3.85. The van der Waals surface area contributed by atoms with Gasteiger partial charge < -0.3 is 15.8 Å². The largest absolute Gasteiger partial charge is 0.381 e. The Labute approximate surface area is 202 Å². The van der Waals surface area contributed by atoms with Gasteiger partial charge in [-0.15, -0.1) is 0 Å². The van der Waals surface area contributed by atoms with Crippen LogP contribution in [0.2, 0.25) is 0 Å². The highest BCUT2D eigenvalue weighted by molar-refractivity contribution is 7.89. The lowest BCUT2D eigenvalue weighted by Gasteiger charge is -2.26. The molecule has 0 unspecified atom stereocenters. The first-order valence-corrected chi connectivity index (χ1v) is 13.0. The van der Waals surface area contributed by atoms with Gasteiger partial charge in [0, 0.05) is 50.0 Å². The molecule has 1 saturated carbocycles. The number of hydrogen-bond donors (Lipinski definition) is 3. The Balaban J connectivity index is 1.31. The number of sulfonamides is 1. The van der Waals surface area contributed by atoms with E-state index in [0.717, 1.165) is 30.4 Å². The number of carbonyl (C=O) groups is 1. The molecule has 4 N–H and O–H groups in total. The lowest BCUT2D eigenvalue weighted by Crippen LogP contribution is -2.41. The van der Waals surface area contributed by atoms with E-state index in [4.69, 9.17) is 10.5 Å². The van der Waals surface area contributed by atoms with Gasteiger partial charge in [0.25, 0.3) is 5.91 Å². The molecule has 1 saturated heterocycles. The molecule has 2 heterocycles. The third-order valence-electron chi connectivity index (χ3n) is 6.30. The average Bonchev–Trinajstić information content (AvgIpc) is 3.29. The first-order valence-electron chi connectivity index (χ1n) is 11.5. The molecule has 0 spiro atoms. The third kappa shape index (κ3) is 6.23. The molecule has 2 fully saturated rings. The number of aromatic nitrogens is 2. The number of ether oxygens (including phenoxy) is 1. The summed E-state index contributed by atoms with van der Waals surface area (Å²) in [5.41, 5.74) is 5.02. The van der Waals surface area contributed by atoms with Crippen molar-refractivity contribution in [1.29, 1.82) is 0 Å². The van der Waals surface area contributed by atoms with Crippen molar-refractivity contribution in [3.63, 3.8) is 0 Å². The number of nitrogens with zero attached hydrogens (tertiary/aromatic N) is 3. The van der Waals surface area contributed by atoms with Crippen LogP contribution in [-0.4, -0.2) is 74.2 Å². The van der Waals surface area contributed by atoms with Gasteiger partial charge in [-0.3, -0.25) is 14.3 Å². The number of benzene rings is 1. The van der Waals surface area contributed by atoms with Gasteiger partial charge in [-0.05, 0) is 43.5 Å². The zero-order valence-corrected chi connectivity index (χ0v) is 20.0. The van der Waals surface area contributed by atoms with Crippen molar-refractivity contribution in [3.8, 4) is 0 Å². The molecular formula is C22H29FN6O5S. The minimum Gasteiger partial charge on any atom is -0.381 e. The number of nitrogens with one attached hydrogen (secondary N) is 2. The van der Waals surface area contributed by atoms with Crippen LogP contribution >= 0.6 is 0 Å².